The Bertz CT molecular complexity index is 1700. The van der Waals surface area contributed by atoms with Gasteiger partial charge in [-0.15, -0.1) is 11.3 Å². The minimum Gasteiger partial charge on any atom is -0.487 e. The molecule has 1 atom stereocenters. The summed E-state index contributed by atoms with van der Waals surface area (Å²) in [7, 11) is -3.84. The van der Waals surface area contributed by atoms with Crippen LogP contribution in [0.25, 0.3) is 10.2 Å². The predicted octanol–water partition coefficient (Wildman–Crippen LogP) is 5.43. The van der Waals surface area contributed by atoms with E-state index in [9.17, 15) is 18.5 Å². The van der Waals surface area contributed by atoms with E-state index in [2.05, 4.69) is 10.8 Å². The highest BCUT2D eigenvalue weighted by Gasteiger charge is 2.35. The fourth-order valence-electron chi connectivity index (χ4n) is 4.36. The van der Waals surface area contributed by atoms with Crippen molar-refractivity contribution >= 4 is 37.7 Å². The number of hydrogen-bond acceptors (Lipinski definition) is 8. The molecule has 0 spiro atoms. The Balaban J connectivity index is 1.35. The van der Waals surface area contributed by atoms with Gasteiger partial charge in [-0.3, -0.25) is 0 Å². The largest absolute Gasteiger partial charge is 0.487 e. The van der Waals surface area contributed by atoms with Crippen LogP contribution in [0, 0.1) is 11.3 Å². The van der Waals surface area contributed by atoms with Gasteiger partial charge in [0.2, 0.25) is 10.0 Å². The van der Waals surface area contributed by atoms with Gasteiger partial charge >= 0.3 is 6.09 Å². The maximum atomic E-state index is 13.3. The third kappa shape index (κ3) is 7.03. The van der Waals surface area contributed by atoms with Gasteiger partial charge in [0.25, 0.3) is 0 Å². The van der Waals surface area contributed by atoms with E-state index in [-0.39, 0.29) is 17.1 Å². The molecule has 1 saturated heterocycles. The summed E-state index contributed by atoms with van der Waals surface area (Å²) >= 11 is 1.38. The topological polar surface area (TPSA) is 122 Å². The molecule has 1 N–H and O–H groups in total. The molecule has 212 valence electrons. The normalized spacial score (nSPS) is 14.7. The van der Waals surface area contributed by atoms with Crippen LogP contribution in [-0.4, -0.2) is 49.2 Å². The number of hydrogen-bond donors (Lipinski definition) is 1. The van der Waals surface area contributed by atoms with Crippen LogP contribution in [0.2, 0.25) is 0 Å². The molecule has 4 aromatic rings. The second-order valence-electron chi connectivity index (χ2n) is 10.8. The third-order valence-corrected chi connectivity index (χ3v) is 8.94. The Hall–Kier alpha value is -3.98. The van der Waals surface area contributed by atoms with E-state index in [1.807, 2.05) is 45.0 Å². The summed E-state index contributed by atoms with van der Waals surface area (Å²) < 4.78 is 41.7. The molecule has 9 nitrogen and oxygen atoms in total. The van der Waals surface area contributed by atoms with E-state index >= 15 is 0 Å². The van der Waals surface area contributed by atoms with Crippen molar-refractivity contribution in [1.82, 2.24) is 14.6 Å². The number of nitrogens with zero attached hydrogens (tertiary/aromatic N) is 3. The van der Waals surface area contributed by atoms with Crippen LogP contribution in [-0.2, 0) is 21.2 Å². The molecule has 3 aromatic carbocycles. The number of carbonyl (C=O) groups excluding carboxylic acids is 1. The number of sulfonamides is 1. The van der Waals surface area contributed by atoms with Gasteiger partial charge in [-0.25, -0.2) is 22.9 Å². The number of amides is 1. The van der Waals surface area contributed by atoms with Crippen molar-refractivity contribution in [3.63, 3.8) is 0 Å². The minimum atomic E-state index is -3.84. The number of aromatic nitrogens is 1. The van der Waals surface area contributed by atoms with Crippen LogP contribution in [0.15, 0.2) is 77.7 Å². The summed E-state index contributed by atoms with van der Waals surface area (Å²) in [5.41, 5.74) is 1.48. The van der Waals surface area contributed by atoms with Gasteiger partial charge in [-0.05, 0) is 75.2 Å². The summed E-state index contributed by atoms with van der Waals surface area (Å²) in [4.78, 5) is 18.7. The van der Waals surface area contributed by atoms with E-state index in [0.29, 0.717) is 35.8 Å². The summed E-state index contributed by atoms with van der Waals surface area (Å²) in [6.45, 7) is 6.37. The fourth-order valence-corrected chi connectivity index (χ4v) is 6.71. The number of fused-ring (bicyclic) bond motifs is 1. The molecular weight excluding hydrogens is 560 g/mol. The minimum absolute atomic E-state index is 0.148. The lowest BCUT2D eigenvalue weighted by Gasteiger charge is -2.39. The van der Waals surface area contributed by atoms with Crippen LogP contribution in [0.4, 0.5) is 4.79 Å². The van der Waals surface area contributed by atoms with Gasteiger partial charge in [0.15, 0.2) is 0 Å². The van der Waals surface area contributed by atoms with Gasteiger partial charge in [-0.1, -0.05) is 30.3 Å². The first-order chi connectivity index (χ1) is 19.5. The van der Waals surface area contributed by atoms with E-state index in [0.717, 1.165) is 15.8 Å². The van der Waals surface area contributed by atoms with Crippen LogP contribution >= 0.6 is 11.3 Å². The second kappa shape index (κ2) is 11.5. The van der Waals surface area contributed by atoms with E-state index in [1.54, 1.807) is 53.4 Å². The van der Waals surface area contributed by atoms with Gasteiger partial charge < -0.3 is 14.4 Å². The summed E-state index contributed by atoms with van der Waals surface area (Å²) in [6.07, 6.45) is -0.192. The van der Waals surface area contributed by atoms with E-state index in [1.165, 1.54) is 11.3 Å². The van der Waals surface area contributed by atoms with Crippen LogP contribution in [0.1, 0.15) is 42.9 Å². The maximum Gasteiger partial charge on any atom is 0.410 e. The van der Waals surface area contributed by atoms with Gasteiger partial charge in [0.05, 0.1) is 45.9 Å². The Kier molecular flexibility index (Phi) is 8.00. The highest BCUT2D eigenvalue weighted by Crippen LogP contribution is 2.33. The lowest BCUT2D eigenvalue weighted by molar-refractivity contribution is -0.0221. The Morgan fingerprint density at radius 1 is 1.12 bits per heavy atom. The number of ether oxygens (including phenoxy) is 2. The zero-order chi connectivity index (χ0) is 29.2. The molecule has 2 heterocycles. The monoisotopic (exact) mass is 590 g/mol. The van der Waals surface area contributed by atoms with Crippen molar-refractivity contribution < 1.29 is 22.7 Å². The molecule has 1 aromatic heterocycles. The van der Waals surface area contributed by atoms with Crippen molar-refractivity contribution in [3.8, 4) is 11.8 Å². The Morgan fingerprint density at radius 3 is 2.59 bits per heavy atom. The molecule has 1 unspecified atom stereocenters. The number of nitrogens with one attached hydrogen (secondary N) is 1. The molecule has 0 bridgehead atoms. The SMILES string of the molecule is CC(C)(C)OC(=O)N1CC(Oc2ccc3nc(C(Cc4cccc(C#N)c4)NS(=O)(=O)c4ccccc4)sc3c2)C1. The van der Waals surface area contributed by atoms with Crippen LogP contribution in [0.3, 0.4) is 0 Å². The first-order valence-electron chi connectivity index (χ1n) is 13.1. The molecule has 0 aliphatic carbocycles. The molecular formula is C30H30N4O5S2. The number of carbonyl (C=O) groups is 1. The number of rotatable bonds is 8. The van der Waals surface area contributed by atoms with Gasteiger partial charge in [-0.2, -0.15) is 5.26 Å². The highest BCUT2D eigenvalue weighted by molar-refractivity contribution is 7.89. The van der Waals surface area contributed by atoms with Gasteiger partial charge in [0.1, 0.15) is 22.5 Å². The summed E-state index contributed by atoms with van der Waals surface area (Å²) in [6, 6.07) is 22.3. The zero-order valence-corrected chi connectivity index (χ0v) is 24.5. The highest BCUT2D eigenvalue weighted by atomic mass is 32.2. The third-order valence-electron chi connectivity index (χ3n) is 6.32. The quantitative estimate of drug-likeness (QED) is 0.290. The average Bonchev–Trinajstić information content (AvgIpc) is 3.33. The number of likely N-dealkylation sites (tertiary alicyclic amines) is 1. The van der Waals surface area contributed by atoms with Crippen molar-refractivity contribution in [2.45, 2.75) is 49.8 Å². The molecule has 11 heteroatoms. The molecule has 0 radical (unpaired) electrons. The van der Waals surface area contributed by atoms with Crippen molar-refractivity contribution in [1.29, 1.82) is 5.26 Å². The van der Waals surface area contributed by atoms with Crippen molar-refractivity contribution in [2.24, 2.45) is 0 Å². The van der Waals surface area contributed by atoms with Crippen molar-refractivity contribution in [3.05, 3.63) is 88.9 Å². The average molecular weight is 591 g/mol. The van der Waals surface area contributed by atoms with Crippen LogP contribution < -0.4 is 9.46 Å². The fraction of sp³-hybridized carbons (Fsp3) is 0.300. The standard InChI is InChI=1S/C30H30N4O5S2/c1-30(2,3)39-29(35)34-18-23(19-34)38-22-12-13-25-27(16-22)40-28(32-25)26(15-20-8-7-9-21(14-20)17-31)33-41(36,37)24-10-5-4-6-11-24/h4-14,16,23,26,33H,15,18-19H2,1-3H3. The Labute approximate surface area is 243 Å². The molecule has 1 amide bonds. The predicted molar refractivity (Wildman–Crippen MR) is 156 cm³/mol. The Morgan fingerprint density at radius 2 is 1.88 bits per heavy atom. The molecule has 0 saturated carbocycles. The molecule has 5 rings (SSSR count). The molecule has 1 fully saturated rings. The smallest absolute Gasteiger partial charge is 0.410 e. The molecule has 1 aliphatic heterocycles. The first-order valence-corrected chi connectivity index (χ1v) is 15.4. The maximum absolute atomic E-state index is 13.3. The summed E-state index contributed by atoms with van der Waals surface area (Å²) in [5, 5.41) is 9.93. The second-order valence-corrected chi connectivity index (χ2v) is 13.6. The number of nitriles is 1. The first kappa shape index (κ1) is 28.5. The lowest BCUT2D eigenvalue weighted by Crippen LogP contribution is -2.57. The molecule has 1 aliphatic rings. The van der Waals surface area contributed by atoms with Crippen molar-refractivity contribution in [2.75, 3.05) is 13.1 Å². The van der Waals surface area contributed by atoms with E-state index < -0.39 is 21.7 Å². The summed E-state index contributed by atoms with van der Waals surface area (Å²) in [5.74, 6) is 0.643. The molecule has 41 heavy (non-hydrogen) atoms. The van der Waals surface area contributed by atoms with Crippen LogP contribution in [0.5, 0.6) is 5.75 Å². The van der Waals surface area contributed by atoms with E-state index in [4.69, 9.17) is 14.5 Å². The van der Waals surface area contributed by atoms with Gasteiger partial charge in [0, 0.05) is 0 Å². The lowest BCUT2D eigenvalue weighted by atomic mass is 10.0. The zero-order valence-electron chi connectivity index (χ0n) is 22.9. The number of thiazole rings is 1. The number of benzene rings is 3.